The van der Waals surface area contributed by atoms with E-state index in [2.05, 4.69) is 0 Å². The third-order valence-corrected chi connectivity index (χ3v) is 5.22. The van der Waals surface area contributed by atoms with Crippen molar-refractivity contribution < 1.29 is 13.2 Å². The molecule has 0 spiro atoms. The van der Waals surface area contributed by atoms with Crippen LogP contribution in [0.15, 0.2) is 29.2 Å². The summed E-state index contributed by atoms with van der Waals surface area (Å²) in [7, 11) is -3.48. The zero-order valence-electron chi connectivity index (χ0n) is 13.7. The SMILES string of the molecule is CC(C)CN(CC(C)C)S(=O)(=O)c1ccc2c(c1)C=CCO2. The van der Waals surface area contributed by atoms with E-state index in [1.807, 2.05) is 39.8 Å². The zero-order valence-corrected chi connectivity index (χ0v) is 14.6. The van der Waals surface area contributed by atoms with Crippen molar-refractivity contribution in [1.82, 2.24) is 4.31 Å². The maximum Gasteiger partial charge on any atom is 0.243 e. The van der Waals surface area contributed by atoms with Gasteiger partial charge in [0.15, 0.2) is 0 Å². The molecular weight excluding hydrogens is 298 g/mol. The summed E-state index contributed by atoms with van der Waals surface area (Å²) in [6.45, 7) is 9.73. The van der Waals surface area contributed by atoms with Gasteiger partial charge in [-0.2, -0.15) is 4.31 Å². The first-order chi connectivity index (χ1) is 10.3. The molecule has 0 N–H and O–H groups in total. The highest BCUT2D eigenvalue weighted by Crippen LogP contribution is 2.28. The van der Waals surface area contributed by atoms with Gasteiger partial charge in [-0.3, -0.25) is 0 Å². The Balaban J connectivity index is 2.36. The molecule has 1 aromatic rings. The molecule has 1 heterocycles. The number of sulfonamides is 1. The van der Waals surface area contributed by atoms with Crippen LogP contribution in [0.5, 0.6) is 5.75 Å². The molecule has 5 heteroatoms. The lowest BCUT2D eigenvalue weighted by Gasteiger charge is -2.26. The quantitative estimate of drug-likeness (QED) is 0.806. The Morgan fingerprint density at radius 2 is 1.77 bits per heavy atom. The van der Waals surface area contributed by atoms with Crippen LogP contribution in [0.3, 0.4) is 0 Å². The molecule has 0 aliphatic carbocycles. The van der Waals surface area contributed by atoms with Gasteiger partial charge in [0.05, 0.1) is 4.90 Å². The first kappa shape index (κ1) is 17.0. The molecule has 0 radical (unpaired) electrons. The molecular formula is C17H25NO3S. The highest BCUT2D eigenvalue weighted by atomic mass is 32.2. The Hall–Kier alpha value is -1.33. The smallest absolute Gasteiger partial charge is 0.243 e. The Labute approximate surface area is 133 Å². The van der Waals surface area contributed by atoms with Crippen molar-refractivity contribution in [1.29, 1.82) is 0 Å². The second kappa shape index (κ2) is 6.84. The van der Waals surface area contributed by atoms with E-state index in [4.69, 9.17) is 4.74 Å². The van der Waals surface area contributed by atoms with Crippen LogP contribution in [0.4, 0.5) is 0 Å². The molecule has 122 valence electrons. The van der Waals surface area contributed by atoms with Gasteiger partial charge in [0.25, 0.3) is 0 Å². The third kappa shape index (κ3) is 3.90. The Bertz CT molecular complexity index is 638. The molecule has 1 aliphatic rings. The molecule has 1 aromatic carbocycles. The van der Waals surface area contributed by atoms with Gasteiger partial charge in [0, 0.05) is 18.7 Å². The van der Waals surface area contributed by atoms with E-state index < -0.39 is 10.0 Å². The van der Waals surface area contributed by atoms with Gasteiger partial charge in [0.1, 0.15) is 12.4 Å². The molecule has 0 aromatic heterocycles. The maximum absolute atomic E-state index is 13.0. The summed E-state index contributed by atoms with van der Waals surface area (Å²) in [6.07, 6.45) is 3.80. The van der Waals surface area contributed by atoms with Crippen molar-refractivity contribution in [2.75, 3.05) is 19.7 Å². The first-order valence-corrected chi connectivity index (χ1v) is 9.18. The Morgan fingerprint density at radius 1 is 1.14 bits per heavy atom. The molecule has 0 fully saturated rings. The van der Waals surface area contributed by atoms with Crippen molar-refractivity contribution >= 4 is 16.1 Å². The average Bonchev–Trinajstić information content (AvgIpc) is 2.45. The third-order valence-electron chi connectivity index (χ3n) is 3.39. The summed E-state index contributed by atoms with van der Waals surface area (Å²) >= 11 is 0. The normalized spacial score (nSPS) is 14.5. The molecule has 0 atom stereocenters. The van der Waals surface area contributed by atoms with Crippen molar-refractivity contribution in [2.24, 2.45) is 11.8 Å². The molecule has 0 saturated heterocycles. The highest BCUT2D eigenvalue weighted by molar-refractivity contribution is 7.89. The van der Waals surface area contributed by atoms with Crippen molar-refractivity contribution in [3.63, 3.8) is 0 Å². The van der Waals surface area contributed by atoms with Crippen molar-refractivity contribution in [3.8, 4) is 5.75 Å². The second-order valence-electron chi connectivity index (χ2n) is 6.52. The fraction of sp³-hybridized carbons (Fsp3) is 0.529. The molecule has 4 nitrogen and oxygen atoms in total. The molecule has 0 amide bonds. The Kier molecular flexibility index (Phi) is 5.29. The molecule has 1 aliphatic heterocycles. The van der Waals surface area contributed by atoms with Crippen LogP contribution in [0.1, 0.15) is 33.3 Å². The van der Waals surface area contributed by atoms with E-state index in [-0.39, 0.29) is 11.8 Å². The highest BCUT2D eigenvalue weighted by Gasteiger charge is 2.26. The van der Waals surface area contributed by atoms with Gasteiger partial charge in [-0.25, -0.2) is 8.42 Å². The predicted octanol–water partition coefficient (Wildman–Crippen LogP) is 3.39. The summed E-state index contributed by atoms with van der Waals surface area (Å²) in [5.41, 5.74) is 0.821. The number of fused-ring (bicyclic) bond motifs is 1. The van der Waals surface area contributed by atoms with Crippen molar-refractivity contribution in [3.05, 3.63) is 29.8 Å². The van der Waals surface area contributed by atoms with Gasteiger partial charge in [-0.1, -0.05) is 33.8 Å². The van der Waals surface area contributed by atoms with Crippen LogP contribution in [-0.2, 0) is 10.0 Å². The molecule has 2 rings (SSSR count). The van der Waals surface area contributed by atoms with Gasteiger partial charge in [-0.15, -0.1) is 0 Å². The number of ether oxygens (including phenoxy) is 1. The summed E-state index contributed by atoms with van der Waals surface area (Å²) in [5, 5.41) is 0. The maximum atomic E-state index is 13.0. The molecule has 0 bridgehead atoms. The van der Waals surface area contributed by atoms with Gasteiger partial charge in [-0.05, 0) is 36.1 Å². The van der Waals surface area contributed by atoms with E-state index in [1.54, 1.807) is 22.5 Å². The lowest BCUT2D eigenvalue weighted by molar-refractivity contribution is 0.333. The second-order valence-corrected chi connectivity index (χ2v) is 8.46. The van der Waals surface area contributed by atoms with E-state index in [1.165, 1.54) is 0 Å². The van der Waals surface area contributed by atoms with Crippen LogP contribution in [0.25, 0.3) is 6.08 Å². The molecule has 22 heavy (non-hydrogen) atoms. The number of nitrogens with zero attached hydrogens (tertiary/aromatic N) is 1. The average molecular weight is 323 g/mol. The van der Waals surface area contributed by atoms with Gasteiger partial charge < -0.3 is 4.74 Å². The summed E-state index contributed by atoms with van der Waals surface area (Å²) in [5.74, 6) is 1.31. The summed E-state index contributed by atoms with van der Waals surface area (Å²) in [4.78, 5) is 0.336. The zero-order chi connectivity index (χ0) is 16.3. The standard InChI is InChI=1S/C17H25NO3S/c1-13(2)11-18(12-14(3)4)22(19,20)16-7-8-17-15(10-16)6-5-9-21-17/h5-8,10,13-14H,9,11-12H2,1-4H3. The van der Waals surface area contributed by atoms with Crippen LogP contribution >= 0.6 is 0 Å². The summed E-state index contributed by atoms with van der Waals surface area (Å²) in [6, 6.07) is 5.09. The van der Waals surface area contributed by atoms with E-state index >= 15 is 0 Å². The minimum absolute atomic E-state index is 0.286. The number of hydrogen-bond acceptors (Lipinski definition) is 3. The van der Waals surface area contributed by atoms with E-state index in [0.29, 0.717) is 24.6 Å². The fourth-order valence-corrected chi connectivity index (χ4v) is 4.30. The predicted molar refractivity (Wildman–Crippen MR) is 89.4 cm³/mol. The lowest BCUT2D eigenvalue weighted by Crippen LogP contribution is -2.37. The van der Waals surface area contributed by atoms with Gasteiger partial charge >= 0.3 is 0 Å². The minimum atomic E-state index is -3.48. The number of hydrogen-bond donors (Lipinski definition) is 0. The van der Waals surface area contributed by atoms with Crippen LogP contribution in [0, 0.1) is 11.8 Å². The van der Waals surface area contributed by atoms with Crippen LogP contribution in [-0.4, -0.2) is 32.4 Å². The van der Waals surface area contributed by atoms with E-state index in [0.717, 1.165) is 11.3 Å². The first-order valence-electron chi connectivity index (χ1n) is 7.74. The number of rotatable bonds is 6. The van der Waals surface area contributed by atoms with Crippen LogP contribution < -0.4 is 4.74 Å². The molecule has 0 saturated carbocycles. The van der Waals surface area contributed by atoms with Gasteiger partial charge in [0.2, 0.25) is 10.0 Å². The monoisotopic (exact) mass is 323 g/mol. The van der Waals surface area contributed by atoms with Crippen molar-refractivity contribution in [2.45, 2.75) is 32.6 Å². The minimum Gasteiger partial charge on any atom is -0.489 e. The largest absolute Gasteiger partial charge is 0.489 e. The molecule has 0 unspecified atom stereocenters. The summed E-state index contributed by atoms with van der Waals surface area (Å²) < 4.78 is 33.0. The Morgan fingerprint density at radius 3 is 2.36 bits per heavy atom. The fourth-order valence-electron chi connectivity index (χ4n) is 2.50. The number of benzene rings is 1. The van der Waals surface area contributed by atoms with E-state index in [9.17, 15) is 8.42 Å². The lowest BCUT2D eigenvalue weighted by atomic mass is 10.1. The van der Waals surface area contributed by atoms with Crippen LogP contribution in [0.2, 0.25) is 0 Å². The topological polar surface area (TPSA) is 46.6 Å².